The van der Waals surface area contributed by atoms with Crippen molar-refractivity contribution < 1.29 is 9.59 Å². The fraction of sp³-hybridized carbons (Fsp3) is 0.105. The summed E-state index contributed by atoms with van der Waals surface area (Å²) in [4.78, 5) is 35.8. The Morgan fingerprint density at radius 2 is 1.69 bits per heavy atom. The monoisotopic (exact) mass is 347 g/mol. The number of amides is 1. The minimum absolute atomic E-state index is 0.0244. The summed E-state index contributed by atoms with van der Waals surface area (Å²) in [6, 6.07) is 10.5. The lowest BCUT2D eigenvalue weighted by Gasteiger charge is -2.07. The number of hydrogen-bond acceptors (Lipinski definition) is 6. The molecule has 2 aromatic heterocycles. The maximum atomic E-state index is 12.2. The van der Waals surface area contributed by atoms with E-state index in [4.69, 9.17) is 0 Å². The SMILES string of the molecule is CC(=O)c1ccc(NC(=O)c2cnc(NCc3ccncc3)cn2)cc1. The average molecular weight is 347 g/mol. The predicted molar refractivity (Wildman–Crippen MR) is 98.0 cm³/mol. The van der Waals surface area contributed by atoms with E-state index in [9.17, 15) is 9.59 Å². The van der Waals surface area contributed by atoms with Crippen LogP contribution in [0.1, 0.15) is 33.3 Å². The highest BCUT2D eigenvalue weighted by Gasteiger charge is 2.09. The number of hydrogen-bond donors (Lipinski definition) is 2. The Bertz CT molecular complexity index is 893. The van der Waals surface area contributed by atoms with Gasteiger partial charge < -0.3 is 10.6 Å². The molecule has 26 heavy (non-hydrogen) atoms. The molecule has 130 valence electrons. The first-order valence-corrected chi connectivity index (χ1v) is 7.99. The highest BCUT2D eigenvalue weighted by Crippen LogP contribution is 2.12. The Morgan fingerprint density at radius 3 is 2.31 bits per heavy atom. The second-order valence-electron chi connectivity index (χ2n) is 5.58. The van der Waals surface area contributed by atoms with Gasteiger partial charge in [0.05, 0.1) is 12.4 Å². The second kappa shape index (κ2) is 7.98. The molecule has 1 aromatic carbocycles. The number of carbonyl (C=O) groups excluding carboxylic acids is 2. The summed E-state index contributed by atoms with van der Waals surface area (Å²) in [5.74, 6) is 0.182. The smallest absolute Gasteiger partial charge is 0.275 e. The van der Waals surface area contributed by atoms with Crippen LogP contribution in [0.25, 0.3) is 0 Å². The van der Waals surface area contributed by atoms with E-state index < -0.39 is 0 Å². The fourth-order valence-electron chi connectivity index (χ4n) is 2.21. The van der Waals surface area contributed by atoms with Crippen LogP contribution in [-0.2, 0) is 6.54 Å². The van der Waals surface area contributed by atoms with E-state index in [1.54, 1.807) is 36.7 Å². The Morgan fingerprint density at radius 1 is 0.962 bits per heavy atom. The van der Waals surface area contributed by atoms with Crippen molar-refractivity contribution >= 4 is 23.2 Å². The third-order valence-electron chi connectivity index (χ3n) is 3.66. The summed E-state index contributed by atoms with van der Waals surface area (Å²) >= 11 is 0. The average Bonchev–Trinajstić information content (AvgIpc) is 2.68. The minimum Gasteiger partial charge on any atom is -0.365 e. The molecule has 0 aliphatic rings. The quantitative estimate of drug-likeness (QED) is 0.666. The van der Waals surface area contributed by atoms with E-state index in [-0.39, 0.29) is 17.4 Å². The zero-order valence-corrected chi connectivity index (χ0v) is 14.1. The van der Waals surface area contributed by atoms with Crippen LogP contribution in [0.15, 0.2) is 61.2 Å². The molecule has 0 fully saturated rings. The standard InChI is InChI=1S/C19H17N5O2/c1-13(25)15-2-4-16(5-3-15)24-19(26)17-11-23-18(12-21-17)22-10-14-6-8-20-9-7-14/h2-9,11-12H,10H2,1H3,(H,22,23)(H,24,26). The summed E-state index contributed by atoms with van der Waals surface area (Å²) in [6.45, 7) is 2.08. The molecule has 0 spiro atoms. The molecule has 2 heterocycles. The fourth-order valence-corrected chi connectivity index (χ4v) is 2.21. The molecule has 2 N–H and O–H groups in total. The van der Waals surface area contributed by atoms with E-state index in [1.165, 1.54) is 19.3 Å². The third-order valence-corrected chi connectivity index (χ3v) is 3.66. The van der Waals surface area contributed by atoms with Gasteiger partial charge in [-0.2, -0.15) is 0 Å². The normalized spacial score (nSPS) is 10.2. The van der Waals surface area contributed by atoms with Crippen LogP contribution in [0.3, 0.4) is 0 Å². The number of nitrogens with zero attached hydrogens (tertiary/aromatic N) is 3. The lowest BCUT2D eigenvalue weighted by molar-refractivity contribution is 0.101. The Kier molecular flexibility index (Phi) is 5.28. The largest absolute Gasteiger partial charge is 0.365 e. The summed E-state index contributed by atoms with van der Waals surface area (Å²) in [5.41, 5.74) is 2.45. The Labute approximate surface area is 150 Å². The molecule has 3 rings (SSSR count). The topological polar surface area (TPSA) is 96.9 Å². The van der Waals surface area contributed by atoms with Gasteiger partial charge in [0.25, 0.3) is 5.91 Å². The number of carbonyl (C=O) groups is 2. The van der Waals surface area contributed by atoms with Crippen molar-refractivity contribution in [2.24, 2.45) is 0 Å². The van der Waals surface area contributed by atoms with Crippen molar-refractivity contribution in [3.05, 3.63) is 78.0 Å². The van der Waals surface area contributed by atoms with Gasteiger partial charge in [-0.15, -0.1) is 0 Å². The van der Waals surface area contributed by atoms with Gasteiger partial charge in [-0.25, -0.2) is 9.97 Å². The van der Waals surface area contributed by atoms with Gasteiger partial charge in [0.1, 0.15) is 11.5 Å². The molecular weight excluding hydrogens is 330 g/mol. The number of nitrogens with one attached hydrogen (secondary N) is 2. The van der Waals surface area contributed by atoms with Gasteiger partial charge in [0, 0.05) is 30.2 Å². The van der Waals surface area contributed by atoms with Crippen molar-refractivity contribution in [2.75, 3.05) is 10.6 Å². The second-order valence-corrected chi connectivity index (χ2v) is 5.58. The van der Waals surface area contributed by atoms with Gasteiger partial charge in [0.2, 0.25) is 0 Å². The molecule has 3 aromatic rings. The first-order valence-electron chi connectivity index (χ1n) is 7.99. The number of benzene rings is 1. The number of ketones is 1. The first-order chi connectivity index (χ1) is 12.6. The van der Waals surface area contributed by atoms with Crippen molar-refractivity contribution in [2.45, 2.75) is 13.5 Å². The van der Waals surface area contributed by atoms with Crippen LogP contribution >= 0.6 is 0 Å². The third kappa shape index (κ3) is 4.47. The van der Waals surface area contributed by atoms with E-state index >= 15 is 0 Å². The molecule has 0 aliphatic carbocycles. The zero-order valence-electron chi connectivity index (χ0n) is 14.1. The molecule has 0 unspecified atom stereocenters. The maximum absolute atomic E-state index is 12.2. The highest BCUT2D eigenvalue weighted by molar-refractivity contribution is 6.03. The van der Waals surface area contributed by atoms with Gasteiger partial charge in [-0.3, -0.25) is 14.6 Å². The van der Waals surface area contributed by atoms with Crippen molar-refractivity contribution in [1.29, 1.82) is 0 Å². The van der Waals surface area contributed by atoms with E-state index in [2.05, 4.69) is 25.6 Å². The van der Waals surface area contributed by atoms with Crippen LogP contribution in [0.4, 0.5) is 11.5 Å². The Balaban J connectivity index is 1.58. The van der Waals surface area contributed by atoms with Crippen molar-refractivity contribution in [3.63, 3.8) is 0 Å². The minimum atomic E-state index is -0.367. The molecule has 0 radical (unpaired) electrons. The van der Waals surface area contributed by atoms with Crippen molar-refractivity contribution in [3.8, 4) is 0 Å². The number of rotatable bonds is 6. The van der Waals surface area contributed by atoms with E-state index in [0.29, 0.717) is 23.6 Å². The lowest BCUT2D eigenvalue weighted by Crippen LogP contribution is -2.14. The molecule has 0 saturated heterocycles. The van der Waals surface area contributed by atoms with E-state index in [0.717, 1.165) is 5.56 Å². The van der Waals surface area contributed by atoms with Gasteiger partial charge >= 0.3 is 0 Å². The van der Waals surface area contributed by atoms with Crippen LogP contribution in [0.2, 0.25) is 0 Å². The summed E-state index contributed by atoms with van der Waals surface area (Å²) < 4.78 is 0. The van der Waals surface area contributed by atoms with Crippen LogP contribution in [0, 0.1) is 0 Å². The molecule has 0 aliphatic heterocycles. The summed E-state index contributed by atoms with van der Waals surface area (Å²) in [7, 11) is 0. The van der Waals surface area contributed by atoms with Gasteiger partial charge in [-0.1, -0.05) is 0 Å². The van der Waals surface area contributed by atoms with Crippen LogP contribution < -0.4 is 10.6 Å². The summed E-state index contributed by atoms with van der Waals surface area (Å²) in [5, 5.41) is 5.85. The molecule has 1 amide bonds. The van der Waals surface area contributed by atoms with Crippen LogP contribution in [0.5, 0.6) is 0 Å². The molecule has 0 bridgehead atoms. The predicted octanol–water partition coefficient (Wildman–Crippen LogP) is 2.94. The number of anilines is 2. The van der Waals surface area contributed by atoms with Gasteiger partial charge in [0.15, 0.2) is 5.78 Å². The number of pyridine rings is 1. The van der Waals surface area contributed by atoms with Crippen LogP contribution in [-0.4, -0.2) is 26.6 Å². The summed E-state index contributed by atoms with van der Waals surface area (Å²) in [6.07, 6.45) is 6.36. The van der Waals surface area contributed by atoms with Crippen molar-refractivity contribution in [1.82, 2.24) is 15.0 Å². The lowest BCUT2D eigenvalue weighted by atomic mass is 10.1. The molecule has 0 atom stereocenters. The number of aromatic nitrogens is 3. The zero-order chi connectivity index (χ0) is 18.4. The Hall–Kier alpha value is -3.61. The number of Topliss-reactive ketones (excluding diaryl/α,β-unsaturated/α-hetero) is 1. The highest BCUT2D eigenvalue weighted by atomic mass is 16.2. The van der Waals surface area contributed by atoms with E-state index in [1.807, 2.05) is 12.1 Å². The molecular formula is C19H17N5O2. The molecule has 7 nitrogen and oxygen atoms in total. The van der Waals surface area contributed by atoms with Gasteiger partial charge in [-0.05, 0) is 48.9 Å². The maximum Gasteiger partial charge on any atom is 0.275 e. The molecule has 7 heteroatoms. The first kappa shape index (κ1) is 17.2. The molecule has 0 saturated carbocycles.